The third kappa shape index (κ3) is 3.03. The van der Waals surface area contributed by atoms with Gasteiger partial charge in [-0.2, -0.15) is 4.98 Å². The molecule has 2 heterocycles. The summed E-state index contributed by atoms with van der Waals surface area (Å²) in [5.74, 6) is 0.682. The molecule has 1 N–H and O–H groups in total. The van der Waals surface area contributed by atoms with Crippen LogP contribution in [0.2, 0.25) is 0 Å². The zero-order valence-electron chi connectivity index (χ0n) is 13.1. The van der Waals surface area contributed by atoms with Gasteiger partial charge >= 0.3 is 0 Å². The van der Waals surface area contributed by atoms with Crippen LogP contribution in [-0.2, 0) is 5.88 Å². The number of dihydropyridines is 1. The molecule has 2 aromatic rings. The smallest absolute Gasteiger partial charge is 0.269 e. The van der Waals surface area contributed by atoms with E-state index in [1.54, 1.807) is 12.1 Å². The number of nitro benzene ring substituents is 1. The summed E-state index contributed by atoms with van der Waals surface area (Å²) in [5, 5.41) is 18.1. The van der Waals surface area contributed by atoms with Crippen LogP contribution in [0.4, 0.5) is 5.69 Å². The number of rotatable bonds is 4. The van der Waals surface area contributed by atoms with Crippen LogP contribution in [0.3, 0.4) is 0 Å². The van der Waals surface area contributed by atoms with E-state index in [2.05, 4.69) is 15.5 Å². The molecule has 1 aliphatic heterocycles. The number of nitro groups is 1. The van der Waals surface area contributed by atoms with E-state index in [1.807, 2.05) is 26.0 Å². The minimum absolute atomic E-state index is 0.0427. The molecule has 0 saturated carbocycles. The summed E-state index contributed by atoms with van der Waals surface area (Å²) in [6, 6.07) is 6.55. The van der Waals surface area contributed by atoms with Crippen molar-refractivity contribution in [2.75, 3.05) is 0 Å². The van der Waals surface area contributed by atoms with Gasteiger partial charge in [-0.05, 0) is 19.4 Å². The Morgan fingerprint density at radius 2 is 2.21 bits per heavy atom. The van der Waals surface area contributed by atoms with Crippen molar-refractivity contribution in [2.24, 2.45) is 0 Å². The molecule has 1 aromatic heterocycles. The van der Waals surface area contributed by atoms with Crippen molar-refractivity contribution in [3.05, 3.63) is 69.1 Å². The Bertz CT molecular complexity index is 857. The number of halogens is 1. The number of non-ortho nitro benzene ring substituents is 1. The van der Waals surface area contributed by atoms with Crippen LogP contribution in [0.25, 0.3) is 5.57 Å². The van der Waals surface area contributed by atoms with Crippen LogP contribution in [0.1, 0.15) is 37.0 Å². The van der Waals surface area contributed by atoms with Crippen molar-refractivity contribution >= 4 is 22.9 Å². The molecule has 0 spiro atoms. The lowest BCUT2D eigenvalue weighted by atomic mass is 9.86. The Morgan fingerprint density at radius 1 is 1.42 bits per heavy atom. The first-order valence-electron chi connectivity index (χ1n) is 7.29. The molecule has 124 valence electrons. The fourth-order valence-electron chi connectivity index (χ4n) is 2.78. The van der Waals surface area contributed by atoms with E-state index in [4.69, 9.17) is 16.1 Å². The summed E-state index contributed by atoms with van der Waals surface area (Å²) in [5.41, 5.74) is 3.41. The van der Waals surface area contributed by atoms with Crippen molar-refractivity contribution in [2.45, 2.75) is 25.6 Å². The number of nitrogens with zero attached hydrogens (tertiary/aromatic N) is 3. The van der Waals surface area contributed by atoms with E-state index in [0.29, 0.717) is 11.7 Å². The molecule has 0 fully saturated rings. The van der Waals surface area contributed by atoms with Gasteiger partial charge in [0.1, 0.15) is 0 Å². The Balaban J connectivity index is 2.10. The highest BCUT2D eigenvalue weighted by atomic mass is 35.5. The Labute approximate surface area is 143 Å². The van der Waals surface area contributed by atoms with Crippen LogP contribution < -0.4 is 5.32 Å². The zero-order chi connectivity index (χ0) is 17.3. The molecule has 0 radical (unpaired) electrons. The predicted molar refractivity (Wildman–Crippen MR) is 89.2 cm³/mol. The molecule has 1 unspecified atom stereocenters. The van der Waals surface area contributed by atoms with E-state index in [-0.39, 0.29) is 17.5 Å². The highest BCUT2D eigenvalue weighted by molar-refractivity contribution is 6.16. The average molecular weight is 347 g/mol. The minimum atomic E-state index is -0.407. The lowest BCUT2D eigenvalue weighted by Crippen LogP contribution is -2.19. The third-order valence-electron chi connectivity index (χ3n) is 3.77. The second-order valence-corrected chi connectivity index (χ2v) is 5.76. The fraction of sp³-hybridized carbons (Fsp3) is 0.250. The number of benzene rings is 1. The van der Waals surface area contributed by atoms with Crippen molar-refractivity contribution in [3.8, 4) is 0 Å². The van der Waals surface area contributed by atoms with Crippen LogP contribution in [0.15, 0.2) is 46.3 Å². The predicted octanol–water partition coefficient (Wildman–Crippen LogP) is 3.74. The number of hydrogen-bond acceptors (Lipinski definition) is 6. The molecule has 7 nitrogen and oxygen atoms in total. The standard InChI is InChI=1S/C16H15ClN4O3/c1-9-6-13(11-4-3-5-12(7-11)21(22)23)15(10(2)18-9)16-19-14(8-17)20-24-16/h3-7,13,18H,8H2,1-2H3. The first-order chi connectivity index (χ1) is 11.5. The monoisotopic (exact) mass is 346 g/mol. The average Bonchev–Trinajstić information content (AvgIpc) is 3.02. The van der Waals surface area contributed by atoms with Gasteiger partial charge in [0.25, 0.3) is 11.6 Å². The van der Waals surface area contributed by atoms with E-state index >= 15 is 0 Å². The first-order valence-corrected chi connectivity index (χ1v) is 7.82. The van der Waals surface area contributed by atoms with Gasteiger partial charge in [-0.3, -0.25) is 10.1 Å². The van der Waals surface area contributed by atoms with Gasteiger partial charge in [0.2, 0.25) is 0 Å². The molecule has 1 aliphatic rings. The molecule has 0 aliphatic carbocycles. The normalized spacial score (nSPS) is 17.5. The van der Waals surface area contributed by atoms with E-state index < -0.39 is 4.92 Å². The molecule has 0 saturated heterocycles. The third-order valence-corrected chi connectivity index (χ3v) is 4.01. The highest BCUT2D eigenvalue weighted by Crippen LogP contribution is 2.38. The van der Waals surface area contributed by atoms with Crippen molar-refractivity contribution < 1.29 is 9.45 Å². The van der Waals surface area contributed by atoms with Gasteiger partial charge < -0.3 is 9.84 Å². The van der Waals surface area contributed by atoms with Crippen LogP contribution in [0, 0.1) is 10.1 Å². The maximum atomic E-state index is 11.1. The van der Waals surface area contributed by atoms with E-state index in [9.17, 15) is 10.1 Å². The van der Waals surface area contributed by atoms with Gasteiger partial charge in [-0.1, -0.05) is 23.4 Å². The molecular formula is C16H15ClN4O3. The summed E-state index contributed by atoms with van der Waals surface area (Å²) in [6.45, 7) is 3.84. The van der Waals surface area contributed by atoms with E-state index in [0.717, 1.165) is 22.5 Å². The largest absolute Gasteiger partial charge is 0.363 e. The zero-order valence-corrected chi connectivity index (χ0v) is 13.9. The van der Waals surface area contributed by atoms with Gasteiger partial charge in [-0.25, -0.2) is 0 Å². The first kappa shape index (κ1) is 16.2. The second-order valence-electron chi connectivity index (χ2n) is 5.49. The molecule has 8 heteroatoms. The van der Waals surface area contributed by atoms with Gasteiger partial charge in [0.05, 0.1) is 10.8 Å². The lowest BCUT2D eigenvalue weighted by Gasteiger charge is -2.24. The molecular weight excluding hydrogens is 332 g/mol. The maximum Gasteiger partial charge on any atom is 0.269 e. The van der Waals surface area contributed by atoms with Gasteiger partial charge in [0, 0.05) is 35.0 Å². The summed E-state index contributed by atoms with van der Waals surface area (Å²) < 4.78 is 5.32. The highest BCUT2D eigenvalue weighted by Gasteiger charge is 2.28. The molecule has 1 aromatic carbocycles. The fourth-order valence-corrected chi connectivity index (χ4v) is 2.89. The summed E-state index contributed by atoms with van der Waals surface area (Å²) in [7, 11) is 0. The summed E-state index contributed by atoms with van der Waals surface area (Å²) in [6.07, 6.45) is 1.98. The Morgan fingerprint density at radius 3 is 2.88 bits per heavy atom. The van der Waals surface area contributed by atoms with Crippen LogP contribution >= 0.6 is 11.6 Å². The van der Waals surface area contributed by atoms with Crippen LogP contribution in [-0.4, -0.2) is 15.1 Å². The number of nitrogens with one attached hydrogen (secondary N) is 1. The minimum Gasteiger partial charge on any atom is -0.363 e. The SMILES string of the molecule is CC1=CC(c2cccc([N+](=O)[O-])c2)C(c2nc(CCl)no2)=C(C)N1. The molecule has 3 rings (SSSR count). The maximum absolute atomic E-state index is 11.1. The number of hydrogen-bond donors (Lipinski definition) is 1. The Kier molecular flexibility index (Phi) is 4.35. The van der Waals surface area contributed by atoms with Gasteiger partial charge in [0.15, 0.2) is 5.82 Å². The molecule has 0 amide bonds. The number of allylic oxidation sites excluding steroid dienone is 4. The van der Waals surface area contributed by atoms with Crippen molar-refractivity contribution in [1.29, 1.82) is 0 Å². The summed E-state index contributed by atoms with van der Waals surface area (Å²) >= 11 is 5.74. The lowest BCUT2D eigenvalue weighted by molar-refractivity contribution is -0.384. The molecule has 0 bridgehead atoms. The topological polar surface area (TPSA) is 94.1 Å². The number of alkyl halides is 1. The number of aromatic nitrogens is 2. The second kappa shape index (κ2) is 6.45. The molecule has 1 atom stereocenters. The van der Waals surface area contributed by atoms with Gasteiger partial charge in [-0.15, -0.1) is 11.6 Å². The molecule has 24 heavy (non-hydrogen) atoms. The van der Waals surface area contributed by atoms with E-state index in [1.165, 1.54) is 6.07 Å². The quantitative estimate of drug-likeness (QED) is 0.515. The Hall–Kier alpha value is -2.67. The van der Waals surface area contributed by atoms with Crippen LogP contribution in [0.5, 0.6) is 0 Å². The van der Waals surface area contributed by atoms with Crippen molar-refractivity contribution in [3.63, 3.8) is 0 Å². The summed E-state index contributed by atoms with van der Waals surface area (Å²) in [4.78, 5) is 15.0. The van der Waals surface area contributed by atoms with Crippen molar-refractivity contribution in [1.82, 2.24) is 15.5 Å².